The summed E-state index contributed by atoms with van der Waals surface area (Å²) in [6, 6.07) is 4.95. The van der Waals surface area contributed by atoms with E-state index in [0.717, 1.165) is 0 Å². The smallest absolute Gasteiger partial charge is 0.247 e. The Balaban J connectivity index is 2.99. The zero-order chi connectivity index (χ0) is 9.90. The Bertz CT molecular complexity index is 269. The average Bonchev–Trinajstić information content (AvgIpc) is 2.18. The molecule has 0 aliphatic rings. The summed E-state index contributed by atoms with van der Waals surface area (Å²) in [6.45, 7) is -0.296. The molecule has 0 aliphatic heterocycles. The molecule has 1 rings (SSSR count). The molecular weight excluding hydrogens is 176 g/mol. The first-order valence-corrected chi connectivity index (χ1v) is 3.82. The first kappa shape index (κ1) is 10.1. The predicted molar refractivity (Wildman–Crippen MR) is 45.2 cm³/mol. The molecule has 0 saturated heterocycles. The van der Waals surface area contributed by atoms with Crippen molar-refractivity contribution >= 4 is 0 Å². The third kappa shape index (κ3) is 2.02. The fourth-order valence-corrected chi connectivity index (χ4v) is 1.02. The molecule has 13 heavy (non-hydrogen) atoms. The molecule has 0 spiro atoms. The third-order valence-electron chi connectivity index (χ3n) is 1.86. The van der Waals surface area contributed by atoms with Gasteiger partial charge in [0.15, 0.2) is 0 Å². The largest absolute Gasteiger partial charge is 0.345 e. The van der Waals surface area contributed by atoms with Crippen LogP contribution in [0.5, 0.6) is 0 Å². The van der Waals surface area contributed by atoms with Gasteiger partial charge < -0.3 is 10.5 Å². The van der Waals surface area contributed by atoms with Crippen molar-refractivity contribution in [1.82, 2.24) is 0 Å². The molecule has 0 radical (unpaired) electrons. The highest BCUT2D eigenvalue weighted by molar-refractivity contribution is 5.21. The van der Waals surface area contributed by atoms with Gasteiger partial charge in [-0.15, -0.1) is 0 Å². The molecular formula is C9H11F2NO. The Morgan fingerprint density at radius 3 is 2.31 bits per heavy atom. The van der Waals surface area contributed by atoms with Crippen LogP contribution in [0.25, 0.3) is 0 Å². The average molecular weight is 187 g/mol. The maximum Gasteiger partial charge on any atom is 0.247 e. The van der Waals surface area contributed by atoms with E-state index in [-0.39, 0.29) is 12.1 Å². The van der Waals surface area contributed by atoms with E-state index < -0.39 is 11.7 Å². The van der Waals surface area contributed by atoms with Gasteiger partial charge in [0.1, 0.15) is 5.82 Å². The van der Waals surface area contributed by atoms with Crippen LogP contribution in [0.2, 0.25) is 0 Å². The highest BCUT2D eigenvalue weighted by Gasteiger charge is 2.29. The Morgan fingerprint density at radius 1 is 1.38 bits per heavy atom. The summed E-state index contributed by atoms with van der Waals surface area (Å²) in [4.78, 5) is 0. The summed E-state index contributed by atoms with van der Waals surface area (Å²) in [5.41, 5.74) is 5.42. The Hall–Kier alpha value is -1.00. The number of methoxy groups -OCH3 is 1. The molecule has 0 saturated carbocycles. The van der Waals surface area contributed by atoms with Gasteiger partial charge in [0, 0.05) is 12.7 Å². The van der Waals surface area contributed by atoms with E-state index in [4.69, 9.17) is 5.73 Å². The zero-order valence-electron chi connectivity index (χ0n) is 7.26. The summed E-state index contributed by atoms with van der Waals surface area (Å²) in [6.07, 6.45) is 0. The van der Waals surface area contributed by atoms with Gasteiger partial charge in [0.25, 0.3) is 0 Å². The van der Waals surface area contributed by atoms with Gasteiger partial charge in [-0.1, -0.05) is 12.1 Å². The van der Waals surface area contributed by atoms with Crippen LogP contribution >= 0.6 is 0 Å². The highest BCUT2D eigenvalue weighted by atomic mass is 19.2. The number of hydrogen-bond donors (Lipinski definition) is 1. The highest BCUT2D eigenvalue weighted by Crippen LogP contribution is 2.25. The predicted octanol–water partition coefficient (Wildman–Crippen LogP) is 1.55. The first-order valence-electron chi connectivity index (χ1n) is 3.82. The molecule has 0 bridgehead atoms. The van der Waals surface area contributed by atoms with Crippen LogP contribution in [0.1, 0.15) is 5.56 Å². The number of benzene rings is 1. The van der Waals surface area contributed by atoms with Crippen LogP contribution in [0, 0.1) is 5.82 Å². The van der Waals surface area contributed by atoms with Crippen LogP contribution in [0.15, 0.2) is 24.3 Å². The first-order chi connectivity index (χ1) is 6.12. The number of rotatable bonds is 3. The van der Waals surface area contributed by atoms with Crippen molar-refractivity contribution in [2.75, 3.05) is 13.7 Å². The normalized spacial score (nSPS) is 15.4. The van der Waals surface area contributed by atoms with Crippen molar-refractivity contribution in [1.29, 1.82) is 0 Å². The monoisotopic (exact) mass is 187 g/mol. The number of nitrogens with two attached hydrogens (primary N) is 1. The van der Waals surface area contributed by atoms with Gasteiger partial charge in [0.2, 0.25) is 5.85 Å². The maximum atomic E-state index is 13.6. The zero-order valence-corrected chi connectivity index (χ0v) is 7.26. The second-order valence-corrected chi connectivity index (χ2v) is 2.64. The molecule has 0 aliphatic carbocycles. The van der Waals surface area contributed by atoms with Crippen LogP contribution < -0.4 is 5.73 Å². The summed E-state index contributed by atoms with van der Waals surface area (Å²) in [5, 5.41) is 0. The van der Waals surface area contributed by atoms with Crippen molar-refractivity contribution in [2.45, 2.75) is 5.85 Å². The van der Waals surface area contributed by atoms with Gasteiger partial charge in [0.05, 0.1) is 6.54 Å². The van der Waals surface area contributed by atoms with Crippen LogP contribution in [0.3, 0.4) is 0 Å². The summed E-state index contributed by atoms with van der Waals surface area (Å²) in [7, 11) is 1.22. The molecule has 0 aromatic heterocycles. The van der Waals surface area contributed by atoms with Crippen molar-refractivity contribution in [2.24, 2.45) is 5.73 Å². The topological polar surface area (TPSA) is 35.2 Å². The van der Waals surface area contributed by atoms with E-state index >= 15 is 0 Å². The minimum absolute atomic E-state index is 0.221. The molecule has 72 valence electrons. The minimum atomic E-state index is -2.02. The SMILES string of the molecule is COC(F)(CN)c1ccc(F)cc1. The Labute approximate surface area is 75.3 Å². The maximum absolute atomic E-state index is 13.6. The fourth-order valence-electron chi connectivity index (χ4n) is 1.02. The van der Waals surface area contributed by atoms with E-state index in [2.05, 4.69) is 4.74 Å². The van der Waals surface area contributed by atoms with Crippen molar-refractivity contribution in [3.63, 3.8) is 0 Å². The summed E-state index contributed by atoms with van der Waals surface area (Å²) >= 11 is 0. The second-order valence-electron chi connectivity index (χ2n) is 2.64. The molecule has 1 atom stereocenters. The number of hydrogen-bond acceptors (Lipinski definition) is 2. The van der Waals surface area contributed by atoms with Crippen LogP contribution in [-0.2, 0) is 10.6 Å². The summed E-state index contributed by atoms with van der Waals surface area (Å²) in [5.74, 6) is -2.44. The van der Waals surface area contributed by atoms with E-state index in [1.54, 1.807) is 0 Å². The number of alkyl halides is 1. The molecule has 0 fully saturated rings. The Kier molecular flexibility index (Phi) is 2.95. The van der Waals surface area contributed by atoms with Gasteiger partial charge in [-0.25, -0.2) is 8.78 Å². The number of ether oxygens (including phenoxy) is 1. The Morgan fingerprint density at radius 2 is 1.92 bits per heavy atom. The van der Waals surface area contributed by atoms with Crippen molar-refractivity contribution in [3.8, 4) is 0 Å². The van der Waals surface area contributed by atoms with E-state index in [0.29, 0.717) is 0 Å². The van der Waals surface area contributed by atoms with Gasteiger partial charge in [-0.05, 0) is 12.1 Å². The van der Waals surface area contributed by atoms with Crippen LogP contribution in [0.4, 0.5) is 8.78 Å². The van der Waals surface area contributed by atoms with E-state index in [9.17, 15) is 8.78 Å². The minimum Gasteiger partial charge on any atom is -0.345 e. The standard InChI is InChI=1S/C9H11F2NO/c1-13-9(11,6-12)7-2-4-8(10)5-3-7/h2-5H,6,12H2,1H3. The van der Waals surface area contributed by atoms with Gasteiger partial charge in [-0.3, -0.25) is 0 Å². The molecule has 1 aromatic rings. The van der Waals surface area contributed by atoms with Crippen molar-refractivity contribution in [3.05, 3.63) is 35.6 Å². The molecule has 0 heterocycles. The molecule has 1 aromatic carbocycles. The van der Waals surface area contributed by atoms with Crippen LogP contribution in [-0.4, -0.2) is 13.7 Å². The fraction of sp³-hybridized carbons (Fsp3) is 0.333. The van der Waals surface area contributed by atoms with E-state index in [1.165, 1.54) is 31.4 Å². The summed E-state index contributed by atoms with van der Waals surface area (Å²) < 4.78 is 30.7. The second kappa shape index (κ2) is 3.81. The third-order valence-corrected chi connectivity index (χ3v) is 1.86. The van der Waals surface area contributed by atoms with Crippen molar-refractivity contribution < 1.29 is 13.5 Å². The lowest BCUT2D eigenvalue weighted by Crippen LogP contribution is -2.32. The molecule has 0 amide bonds. The lowest BCUT2D eigenvalue weighted by Gasteiger charge is -2.21. The quantitative estimate of drug-likeness (QED) is 0.779. The molecule has 1 unspecified atom stereocenters. The molecule has 4 heteroatoms. The van der Waals surface area contributed by atoms with E-state index in [1.807, 2.05) is 0 Å². The number of halogens is 2. The molecule has 2 N–H and O–H groups in total. The molecule has 2 nitrogen and oxygen atoms in total. The van der Waals surface area contributed by atoms with Gasteiger partial charge >= 0.3 is 0 Å². The van der Waals surface area contributed by atoms with Gasteiger partial charge in [-0.2, -0.15) is 0 Å². The lowest BCUT2D eigenvalue weighted by molar-refractivity contribution is -0.120. The lowest BCUT2D eigenvalue weighted by atomic mass is 10.1.